The van der Waals surface area contributed by atoms with E-state index in [0.717, 1.165) is 16.8 Å². The number of para-hydroxylation sites is 1. The Hall–Kier alpha value is -4.63. The number of rotatable bonds is 7. The summed E-state index contributed by atoms with van der Waals surface area (Å²) in [6.45, 7) is 0.449. The molecule has 6 heteroatoms. The largest absolute Gasteiger partial charge is 0.489 e. The van der Waals surface area contributed by atoms with E-state index >= 15 is 0 Å². The molecule has 0 bridgehead atoms. The number of hydrogen-bond acceptors (Lipinski definition) is 4. The van der Waals surface area contributed by atoms with Crippen LogP contribution in [0, 0.1) is 11.3 Å². The molecule has 0 radical (unpaired) electrons. The van der Waals surface area contributed by atoms with E-state index < -0.39 is 5.91 Å². The molecular formula is C27H22N4O2. The Labute approximate surface area is 192 Å². The SMILES string of the molecule is CNC(=O)C(C#N)=Cc1cn(-c2ccccc2)nc1-c1cccc(OCc2ccccc2)c1. The summed E-state index contributed by atoms with van der Waals surface area (Å²) in [5.74, 6) is 0.253. The van der Waals surface area contributed by atoms with Crippen LogP contribution in [0.15, 0.2) is 96.7 Å². The molecule has 4 rings (SSSR count). The average Bonchev–Trinajstić information content (AvgIpc) is 3.31. The predicted molar refractivity (Wildman–Crippen MR) is 127 cm³/mol. The van der Waals surface area contributed by atoms with Gasteiger partial charge in [-0.2, -0.15) is 10.4 Å². The number of carbonyl (C=O) groups excluding carboxylic acids is 1. The van der Waals surface area contributed by atoms with E-state index in [1.165, 1.54) is 7.05 Å². The van der Waals surface area contributed by atoms with E-state index in [1.807, 2.05) is 97.2 Å². The summed E-state index contributed by atoms with van der Waals surface area (Å²) < 4.78 is 7.71. The molecule has 0 spiro atoms. The maximum atomic E-state index is 12.1. The van der Waals surface area contributed by atoms with Crippen LogP contribution in [0.25, 0.3) is 23.0 Å². The van der Waals surface area contributed by atoms with Crippen molar-refractivity contribution in [3.05, 3.63) is 108 Å². The summed E-state index contributed by atoms with van der Waals surface area (Å²) >= 11 is 0. The Morgan fingerprint density at radius 3 is 2.48 bits per heavy atom. The third kappa shape index (κ3) is 5.17. The fourth-order valence-corrected chi connectivity index (χ4v) is 3.34. The first kappa shape index (κ1) is 21.6. The number of hydrogen-bond donors (Lipinski definition) is 1. The number of amides is 1. The van der Waals surface area contributed by atoms with E-state index in [1.54, 1.807) is 10.8 Å². The fourth-order valence-electron chi connectivity index (χ4n) is 3.34. The zero-order valence-corrected chi connectivity index (χ0v) is 18.1. The first-order valence-electron chi connectivity index (χ1n) is 10.4. The van der Waals surface area contributed by atoms with Crippen molar-refractivity contribution in [3.8, 4) is 28.8 Å². The molecule has 0 aliphatic heterocycles. The zero-order chi connectivity index (χ0) is 23.0. The minimum absolute atomic E-state index is 0.00263. The number of aromatic nitrogens is 2. The lowest BCUT2D eigenvalue weighted by Gasteiger charge is -2.08. The Morgan fingerprint density at radius 2 is 1.79 bits per heavy atom. The molecule has 33 heavy (non-hydrogen) atoms. The molecule has 6 nitrogen and oxygen atoms in total. The molecule has 0 aliphatic carbocycles. The van der Waals surface area contributed by atoms with Gasteiger partial charge in [-0.15, -0.1) is 0 Å². The van der Waals surface area contributed by atoms with Gasteiger partial charge in [-0.25, -0.2) is 4.68 Å². The van der Waals surface area contributed by atoms with Crippen molar-refractivity contribution in [2.75, 3.05) is 7.05 Å². The molecule has 1 heterocycles. The maximum Gasteiger partial charge on any atom is 0.261 e. The Morgan fingerprint density at radius 1 is 1.06 bits per heavy atom. The van der Waals surface area contributed by atoms with Gasteiger partial charge >= 0.3 is 0 Å². The van der Waals surface area contributed by atoms with Crippen LogP contribution in [0.5, 0.6) is 5.75 Å². The van der Waals surface area contributed by atoms with Crippen LogP contribution in [0.1, 0.15) is 11.1 Å². The van der Waals surface area contributed by atoms with Crippen LogP contribution in [0.3, 0.4) is 0 Å². The number of ether oxygens (including phenoxy) is 1. The molecule has 0 atom stereocenters. The molecule has 1 aromatic heterocycles. The molecule has 0 saturated carbocycles. The summed E-state index contributed by atoms with van der Waals surface area (Å²) in [6, 6.07) is 29.2. The van der Waals surface area contributed by atoms with Gasteiger partial charge in [0, 0.05) is 24.4 Å². The Bertz CT molecular complexity index is 1320. The molecular weight excluding hydrogens is 412 g/mol. The molecule has 3 aromatic carbocycles. The van der Waals surface area contributed by atoms with Crippen molar-refractivity contribution >= 4 is 12.0 Å². The minimum atomic E-state index is -0.448. The van der Waals surface area contributed by atoms with Gasteiger partial charge in [0.25, 0.3) is 5.91 Å². The fraction of sp³-hybridized carbons (Fsp3) is 0.0741. The van der Waals surface area contributed by atoms with Gasteiger partial charge in [0.15, 0.2) is 0 Å². The highest BCUT2D eigenvalue weighted by atomic mass is 16.5. The zero-order valence-electron chi connectivity index (χ0n) is 18.1. The van der Waals surface area contributed by atoms with E-state index in [0.29, 0.717) is 23.6 Å². The topological polar surface area (TPSA) is 79.9 Å². The first-order chi connectivity index (χ1) is 16.2. The minimum Gasteiger partial charge on any atom is -0.489 e. The molecule has 0 saturated heterocycles. The quantitative estimate of drug-likeness (QED) is 0.336. The second kappa shape index (κ2) is 10.1. The van der Waals surface area contributed by atoms with Gasteiger partial charge in [0.1, 0.15) is 29.7 Å². The molecule has 0 unspecified atom stereocenters. The average molecular weight is 434 g/mol. The summed E-state index contributed by atoms with van der Waals surface area (Å²) in [5, 5.41) is 16.7. The second-order valence-electron chi connectivity index (χ2n) is 7.26. The molecule has 0 aliphatic rings. The third-order valence-corrected chi connectivity index (χ3v) is 5.01. The van der Waals surface area contributed by atoms with E-state index in [-0.39, 0.29) is 5.57 Å². The monoisotopic (exact) mass is 434 g/mol. The van der Waals surface area contributed by atoms with Crippen molar-refractivity contribution in [2.24, 2.45) is 0 Å². The van der Waals surface area contributed by atoms with Gasteiger partial charge in [0.2, 0.25) is 0 Å². The van der Waals surface area contributed by atoms with Crippen molar-refractivity contribution < 1.29 is 9.53 Å². The highest BCUT2D eigenvalue weighted by Gasteiger charge is 2.15. The second-order valence-corrected chi connectivity index (χ2v) is 7.26. The molecule has 1 N–H and O–H groups in total. The number of benzene rings is 3. The van der Waals surface area contributed by atoms with Crippen molar-refractivity contribution in [1.29, 1.82) is 5.26 Å². The van der Waals surface area contributed by atoms with E-state index in [4.69, 9.17) is 9.84 Å². The maximum absolute atomic E-state index is 12.1. The van der Waals surface area contributed by atoms with Crippen LogP contribution < -0.4 is 10.1 Å². The number of nitriles is 1. The summed E-state index contributed by atoms with van der Waals surface area (Å²) in [4.78, 5) is 12.1. The Balaban J connectivity index is 1.73. The van der Waals surface area contributed by atoms with Gasteiger partial charge in [-0.1, -0.05) is 60.7 Å². The molecule has 1 amide bonds. The summed E-state index contributed by atoms with van der Waals surface area (Å²) in [6.07, 6.45) is 3.36. The van der Waals surface area contributed by atoms with E-state index in [9.17, 15) is 10.1 Å². The van der Waals surface area contributed by atoms with Crippen LogP contribution in [-0.4, -0.2) is 22.7 Å². The number of carbonyl (C=O) groups is 1. The van der Waals surface area contributed by atoms with Gasteiger partial charge in [0.05, 0.1) is 5.69 Å². The van der Waals surface area contributed by atoms with Crippen molar-refractivity contribution in [1.82, 2.24) is 15.1 Å². The first-order valence-corrected chi connectivity index (χ1v) is 10.4. The third-order valence-electron chi connectivity index (χ3n) is 5.01. The number of nitrogens with one attached hydrogen (secondary N) is 1. The van der Waals surface area contributed by atoms with Crippen LogP contribution in [0.2, 0.25) is 0 Å². The lowest BCUT2D eigenvalue weighted by atomic mass is 10.1. The normalized spacial score (nSPS) is 11.0. The standard InChI is InChI=1S/C27H22N4O2/c1-29-27(32)22(17-28)15-23-18-31(24-12-6-3-7-13-24)30-26(23)21-11-8-14-25(16-21)33-19-20-9-4-2-5-10-20/h2-16,18H,19H2,1H3,(H,29,32). The predicted octanol–water partition coefficient (Wildman–Crippen LogP) is 4.77. The lowest BCUT2D eigenvalue weighted by Crippen LogP contribution is -2.19. The van der Waals surface area contributed by atoms with Crippen LogP contribution >= 0.6 is 0 Å². The van der Waals surface area contributed by atoms with Gasteiger partial charge < -0.3 is 10.1 Å². The number of nitrogens with zero attached hydrogens (tertiary/aromatic N) is 3. The smallest absolute Gasteiger partial charge is 0.261 e. The highest BCUT2D eigenvalue weighted by molar-refractivity contribution is 6.02. The van der Waals surface area contributed by atoms with Gasteiger partial charge in [-0.3, -0.25) is 4.79 Å². The van der Waals surface area contributed by atoms with Gasteiger partial charge in [-0.05, 0) is 35.9 Å². The molecule has 0 fully saturated rings. The Kier molecular flexibility index (Phi) is 6.62. The van der Waals surface area contributed by atoms with Crippen LogP contribution in [0.4, 0.5) is 0 Å². The van der Waals surface area contributed by atoms with E-state index in [2.05, 4.69) is 5.32 Å². The number of likely N-dealkylation sites (N-methyl/N-ethyl adjacent to an activating group) is 1. The molecule has 4 aromatic rings. The highest BCUT2D eigenvalue weighted by Crippen LogP contribution is 2.29. The summed E-state index contributed by atoms with van der Waals surface area (Å²) in [5.41, 5.74) is 4.05. The summed E-state index contributed by atoms with van der Waals surface area (Å²) in [7, 11) is 1.50. The van der Waals surface area contributed by atoms with Crippen molar-refractivity contribution in [3.63, 3.8) is 0 Å². The lowest BCUT2D eigenvalue weighted by molar-refractivity contribution is -0.116. The molecule has 162 valence electrons. The van der Waals surface area contributed by atoms with Crippen LogP contribution in [-0.2, 0) is 11.4 Å². The van der Waals surface area contributed by atoms with Crippen molar-refractivity contribution in [2.45, 2.75) is 6.61 Å².